The Hall–Kier alpha value is -1.59. The SMILES string of the molecule is CCCCCCCCNC(=O)CCC(NC(=O)C(C)(C)CCC(C)(C)C)C(=O)O. The second-order valence-corrected chi connectivity index (χ2v) is 9.97. The highest BCUT2D eigenvalue weighted by Crippen LogP contribution is 2.30. The van der Waals surface area contributed by atoms with Crippen molar-refractivity contribution in [3.63, 3.8) is 0 Å². The molecule has 0 aliphatic heterocycles. The topological polar surface area (TPSA) is 95.5 Å². The van der Waals surface area contributed by atoms with Gasteiger partial charge in [0.2, 0.25) is 11.8 Å². The first-order chi connectivity index (χ1) is 13.4. The number of nitrogens with one attached hydrogen (secondary N) is 2. The predicted octanol–water partition coefficient (Wildman–Crippen LogP) is 4.67. The third-order valence-corrected chi connectivity index (χ3v) is 5.23. The van der Waals surface area contributed by atoms with E-state index in [0.717, 1.165) is 19.3 Å². The zero-order valence-electron chi connectivity index (χ0n) is 19.5. The second kappa shape index (κ2) is 13.6. The number of unbranched alkanes of at least 4 members (excludes halogenated alkanes) is 5. The molecule has 1 unspecified atom stereocenters. The predicted molar refractivity (Wildman–Crippen MR) is 118 cm³/mol. The molecule has 0 aliphatic rings. The second-order valence-electron chi connectivity index (χ2n) is 9.97. The highest BCUT2D eigenvalue weighted by Gasteiger charge is 2.32. The maximum absolute atomic E-state index is 12.6. The quantitative estimate of drug-likeness (QED) is 0.341. The molecule has 2 amide bonds. The number of carbonyl (C=O) groups excluding carboxylic acids is 2. The molecule has 29 heavy (non-hydrogen) atoms. The number of rotatable bonds is 15. The van der Waals surface area contributed by atoms with Gasteiger partial charge in [0.1, 0.15) is 6.04 Å². The first-order valence-corrected chi connectivity index (χ1v) is 11.2. The summed E-state index contributed by atoms with van der Waals surface area (Å²) in [5, 5.41) is 14.9. The van der Waals surface area contributed by atoms with E-state index in [0.29, 0.717) is 13.0 Å². The van der Waals surface area contributed by atoms with E-state index in [1.54, 1.807) is 0 Å². The lowest BCUT2D eigenvalue weighted by Crippen LogP contribution is -2.47. The zero-order chi connectivity index (χ0) is 22.5. The molecule has 6 heteroatoms. The summed E-state index contributed by atoms with van der Waals surface area (Å²) in [6.45, 7) is 12.8. The summed E-state index contributed by atoms with van der Waals surface area (Å²) in [5.74, 6) is -1.54. The van der Waals surface area contributed by atoms with Crippen molar-refractivity contribution >= 4 is 17.8 Å². The van der Waals surface area contributed by atoms with Crippen molar-refractivity contribution in [3.8, 4) is 0 Å². The number of amides is 2. The molecule has 0 bridgehead atoms. The molecule has 0 aromatic carbocycles. The normalized spacial score (nSPS) is 13.0. The Morgan fingerprint density at radius 3 is 2.03 bits per heavy atom. The first-order valence-electron chi connectivity index (χ1n) is 11.2. The molecule has 0 heterocycles. The number of carboxylic acids is 1. The van der Waals surface area contributed by atoms with Gasteiger partial charge in [0.15, 0.2) is 0 Å². The molecule has 3 N–H and O–H groups in total. The van der Waals surface area contributed by atoms with Gasteiger partial charge in [0.25, 0.3) is 0 Å². The summed E-state index contributed by atoms with van der Waals surface area (Å²) in [5.41, 5.74) is -0.543. The Morgan fingerprint density at radius 2 is 1.48 bits per heavy atom. The van der Waals surface area contributed by atoms with Gasteiger partial charge >= 0.3 is 5.97 Å². The molecule has 0 saturated heterocycles. The molecule has 6 nitrogen and oxygen atoms in total. The van der Waals surface area contributed by atoms with Gasteiger partial charge in [0.05, 0.1) is 0 Å². The van der Waals surface area contributed by atoms with Crippen LogP contribution >= 0.6 is 0 Å². The highest BCUT2D eigenvalue weighted by atomic mass is 16.4. The molecular formula is C23H44N2O4. The van der Waals surface area contributed by atoms with Crippen LogP contribution in [0.3, 0.4) is 0 Å². The van der Waals surface area contributed by atoms with Gasteiger partial charge in [-0.05, 0) is 31.1 Å². The highest BCUT2D eigenvalue weighted by molar-refractivity contribution is 5.87. The minimum absolute atomic E-state index is 0.0928. The summed E-state index contributed by atoms with van der Waals surface area (Å²) < 4.78 is 0. The average molecular weight is 413 g/mol. The van der Waals surface area contributed by atoms with Gasteiger partial charge < -0.3 is 15.7 Å². The fourth-order valence-corrected chi connectivity index (χ4v) is 2.91. The van der Waals surface area contributed by atoms with Crippen LogP contribution in [0.2, 0.25) is 0 Å². The van der Waals surface area contributed by atoms with E-state index in [1.165, 1.54) is 25.7 Å². The van der Waals surface area contributed by atoms with Crippen molar-refractivity contribution in [2.24, 2.45) is 10.8 Å². The maximum Gasteiger partial charge on any atom is 0.326 e. The van der Waals surface area contributed by atoms with E-state index >= 15 is 0 Å². The molecular weight excluding hydrogens is 368 g/mol. The van der Waals surface area contributed by atoms with E-state index in [9.17, 15) is 19.5 Å². The minimum atomic E-state index is -1.10. The Kier molecular flexibility index (Phi) is 12.9. The summed E-state index contributed by atoms with van der Waals surface area (Å²) in [7, 11) is 0. The third-order valence-electron chi connectivity index (χ3n) is 5.23. The number of aliphatic carboxylic acids is 1. The van der Waals surface area contributed by atoms with Crippen molar-refractivity contribution in [3.05, 3.63) is 0 Å². The van der Waals surface area contributed by atoms with Crippen molar-refractivity contribution in [2.45, 2.75) is 112 Å². The van der Waals surface area contributed by atoms with Crippen molar-refractivity contribution < 1.29 is 19.5 Å². The summed E-state index contributed by atoms with van der Waals surface area (Å²) in [6.07, 6.45) is 8.65. The van der Waals surface area contributed by atoms with E-state index in [1.807, 2.05) is 13.8 Å². The van der Waals surface area contributed by atoms with Gasteiger partial charge in [-0.2, -0.15) is 0 Å². The van der Waals surface area contributed by atoms with Crippen LogP contribution in [0.1, 0.15) is 106 Å². The lowest BCUT2D eigenvalue weighted by Gasteiger charge is -2.29. The van der Waals surface area contributed by atoms with Gasteiger partial charge in [-0.1, -0.05) is 73.6 Å². The molecule has 0 saturated carbocycles. The van der Waals surface area contributed by atoms with Gasteiger partial charge in [-0.15, -0.1) is 0 Å². The molecule has 1 atom stereocenters. The van der Waals surface area contributed by atoms with Crippen LogP contribution in [0.4, 0.5) is 0 Å². The zero-order valence-corrected chi connectivity index (χ0v) is 19.5. The van der Waals surface area contributed by atoms with Crippen LogP contribution in [-0.4, -0.2) is 35.5 Å². The Labute approximate surface area is 177 Å². The van der Waals surface area contributed by atoms with E-state index < -0.39 is 17.4 Å². The Bertz CT molecular complexity index is 509. The Morgan fingerprint density at radius 1 is 0.897 bits per heavy atom. The van der Waals surface area contributed by atoms with Crippen LogP contribution in [0.15, 0.2) is 0 Å². The fourth-order valence-electron chi connectivity index (χ4n) is 2.91. The van der Waals surface area contributed by atoms with Crippen LogP contribution in [0.25, 0.3) is 0 Å². The minimum Gasteiger partial charge on any atom is -0.480 e. The number of carboxylic acid groups (broad SMARTS) is 1. The van der Waals surface area contributed by atoms with E-state index in [2.05, 4.69) is 38.3 Å². The third kappa shape index (κ3) is 14.1. The van der Waals surface area contributed by atoms with Crippen molar-refractivity contribution in [2.75, 3.05) is 6.54 Å². The summed E-state index contributed by atoms with van der Waals surface area (Å²) in [6, 6.07) is -1.05. The van der Waals surface area contributed by atoms with Crippen LogP contribution in [0, 0.1) is 10.8 Å². The Balaban J connectivity index is 4.32. The standard InChI is InChI=1S/C23H44N2O4/c1-7-8-9-10-11-12-17-24-19(26)14-13-18(20(27)28)25-21(29)23(5,6)16-15-22(2,3)4/h18H,7-17H2,1-6H3,(H,24,26)(H,25,29)(H,27,28). The number of hydrogen-bond donors (Lipinski definition) is 3. The monoisotopic (exact) mass is 412 g/mol. The smallest absolute Gasteiger partial charge is 0.326 e. The van der Waals surface area contributed by atoms with Gasteiger partial charge in [-0.25, -0.2) is 4.79 Å². The molecule has 0 aliphatic carbocycles. The summed E-state index contributed by atoms with van der Waals surface area (Å²) in [4.78, 5) is 36.1. The van der Waals surface area contributed by atoms with E-state index in [-0.39, 0.29) is 30.1 Å². The number of hydrogen-bond acceptors (Lipinski definition) is 3. The largest absolute Gasteiger partial charge is 0.480 e. The fraction of sp³-hybridized carbons (Fsp3) is 0.870. The van der Waals surface area contributed by atoms with Gasteiger partial charge in [-0.3, -0.25) is 9.59 Å². The van der Waals surface area contributed by atoms with Crippen LogP contribution in [0.5, 0.6) is 0 Å². The molecule has 0 rings (SSSR count). The van der Waals surface area contributed by atoms with Crippen molar-refractivity contribution in [1.82, 2.24) is 10.6 Å². The molecule has 170 valence electrons. The molecule has 0 spiro atoms. The molecule has 0 radical (unpaired) electrons. The summed E-state index contributed by atoms with van der Waals surface area (Å²) >= 11 is 0. The lowest BCUT2D eigenvalue weighted by molar-refractivity contribution is -0.144. The average Bonchev–Trinajstić information content (AvgIpc) is 2.61. The molecule has 0 aromatic heterocycles. The molecule has 0 aromatic rings. The maximum atomic E-state index is 12.6. The molecule has 0 fully saturated rings. The lowest BCUT2D eigenvalue weighted by atomic mass is 9.79. The number of carbonyl (C=O) groups is 3. The van der Waals surface area contributed by atoms with E-state index in [4.69, 9.17) is 0 Å². The van der Waals surface area contributed by atoms with Gasteiger partial charge in [0, 0.05) is 18.4 Å². The first kappa shape index (κ1) is 27.4. The van der Waals surface area contributed by atoms with Crippen LogP contribution < -0.4 is 10.6 Å². The van der Waals surface area contributed by atoms with Crippen molar-refractivity contribution in [1.29, 1.82) is 0 Å². The van der Waals surface area contributed by atoms with Crippen LogP contribution in [-0.2, 0) is 14.4 Å².